The largest absolute Gasteiger partial charge is 0.469 e. The molecule has 146 valence electrons. The van der Waals surface area contributed by atoms with Crippen molar-refractivity contribution in [1.82, 2.24) is 9.55 Å². The second-order valence-corrected chi connectivity index (χ2v) is 6.69. The molecule has 2 aromatic heterocycles. The molecule has 1 amide bonds. The number of benzene rings is 2. The van der Waals surface area contributed by atoms with Gasteiger partial charge < -0.3 is 14.3 Å². The summed E-state index contributed by atoms with van der Waals surface area (Å²) in [5.41, 5.74) is 2.42. The zero-order valence-electron chi connectivity index (χ0n) is 15.7. The van der Waals surface area contributed by atoms with E-state index in [1.54, 1.807) is 30.8 Å². The van der Waals surface area contributed by atoms with Crippen LogP contribution in [0.3, 0.4) is 0 Å². The Morgan fingerprint density at radius 1 is 1.03 bits per heavy atom. The van der Waals surface area contributed by atoms with Gasteiger partial charge in [-0.15, -0.1) is 0 Å². The van der Waals surface area contributed by atoms with Gasteiger partial charge in [-0.2, -0.15) is 0 Å². The number of nitrogens with one attached hydrogen (secondary N) is 1. The summed E-state index contributed by atoms with van der Waals surface area (Å²) in [6.07, 6.45) is 4.08. The van der Waals surface area contributed by atoms with Crippen molar-refractivity contribution in [2.75, 3.05) is 5.32 Å². The minimum absolute atomic E-state index is 0.139. The monoisotopic (exact) mass is 389 g/mol. The van der Waals surface area contributed by atoms with E-state index in [0.717, 1.165) is 16.9 Å². The lowest BCUT2D eigenvalue weighted by molar-refractivity contribution is -0.116. The normalized spacial score (nSPS) is 10.8. The maximum atomic E-state index is 13.3. The molecule has 4 aromatic rings. The maximum absolute atomic E-state index is 13.3. The summed E-state index contributed by atoms with van der Waals surface area (Å²) in [5, 5.41) is 2.98. The number of carbonyl (C=O) groups excluding carboxylic acids is 1. The summed E-state index contributed by atoms with van der Waals surface area (Å²) >= 11 is 0. The fraction of sp³-hybridized carbons (Fsp3) is 0.130. The highest BCUT2D eigenvalue weighted by Gasteiger charge is 2.16. The predicted octanol–water partition coefficient (Wildman–Crippen LogP) is 4.90. The number of hydrogen-bond donors (Lipinski definition) is 1. The first kappa shape index (κ1) is 18.7. The smallest absolute Gasteiger partial charge is 0.225 e. The SMILES string of the molecule is O=C(CCc1ccco1)Nc1c(-c2ccc(F)cc2)ncn1Cc1ccccc1. The van der Waals surface area contributed by atoms with E-state index in [2.05, 4.69) is 10.3 Å². The van der Waals surface area contributed by atoms with Crippen LogP contribution in [0.2, 0.25) is 0 Å². The Bertz CT molecular complexity index is 1070. The van der Waals surface area contributed by atoms with Crippen LogP contribution in [0, 0.1) is 5.82 Å². The summed E-state index contributed by atoms with van der Waals surface area (Å²) in [5.74, 6) is 0.891. The Hall–Kier alpha value is -3.67. The quantitative estimate of drug-likeness (QED) is 0.489. The number of anilines is 1. The number of amides is 1. The van der Waals surface area contributed by atoms with Gasteiger partial charge in [-0.1, -0.05) is 30.3 Å². The molecule has 0 spiro atoms. The number of furan rings is 1. The van der Waals surface area contributed by atoms with Crippen LogP contribution in [0.1, 0.15) is 17.7 Å². The fourth-order valence-electron chi connectivity index (χ4n) is 3.12. The standard InChI is InChI=1S/C23H20FN3O2/c24-19-10-8-18(9-11-19)22-23(26-21(28)13-12-20-7-4-14-29-20)27(16-25-22)15-17-5-2-1-3-6-17/h1-11,14,16H,12-13,15H2,(H,26,28). The molecule has 29 heavy (non-hydrogen) atoms. The van der Waals surface area contributed by atoms with Gasteiger partial charge in [0.2, 0.25) is 5.91 Å². The number of aromatic nitrogens is 2. The minimum Gasteiger partial charge on any atom is -0.469 e. The lowest BCUT2D eigenvalue weighted by Crippen LogP contribution is -2.16. The lowest BCUT2D eigenvalue weighted by atomic mass is 10.1. The molecule has 1 N–H and O–H groups in total. The van der Waals surface area contributed by atoms with Crippen LogP contribution in [0.25, 0.3) is 11.3 Å². The Morgan fingerprint density at radius 3 is 2.55 bits per heavy atom. The van der Waals surface area contributed by atoms with Crippen molar-refractivity contribution >= 4 is 11.7 Å². The van der Waals surface area contributed by atoms with Crippen LogP contribution < -0.4 is 5.32 Å². The van der Waals surface area contributed by atoms with Crippen LogP contribution in [-0.4, -0.2) is 15.5 Å². The second kappa shape index (κ2) is 8.56. The minimum atomic E-state index is -0.318. The third-order valence-electron chi connectivity index (χ3n) is 4.59. The molecule has 0 fully saturated rings. The number of imidazole rings is 1. The van der Waals surface area contributed by atoms with Gasteiger partial charge in [-0.3, -0.25) is 4.79 Å². The van der Waals surface area contributed by atoms with Crippen molar-refractivity contribution in [2.24, 2.45) is 0 Å². The highest BCUT2D eigenvalue weighted by atomic mass is 19.1. The number of halogens is 1. The molecule has 0 saturated carbocycles. The van der Waals surface area contributed by atoms with E-state index in [1.807, 2.05) is 41.0 Å². The molecule has 0 radical (unpaired) electrons. The molecule has 0 bridgehead atoms. The predicted molar refractivity (Wildman–Crippen MR) is 109 cm³/mol. The average molecular weight is 389 g/mol. The van der Waals surface area contributed by atoms with Crippen molar-refractivity contribution in [3.63, 3.8) is 0 Å². The summed E-state index contributed by atoms with van der Waals surface area (Å²) in [4.78, 5) is 17.1. The summed E-state index contributed by atoms with van der Waals surface area (Å²) in [6.45, 7) is 0.558. The molecule has 0 atom stereocenters. The number of hydrogen-bond acceptors (Lipinski definition) is 3. The number of nitrogens with zero attached hydrogens (tertiary/aromatic N) is 2. The molecule has 6 heteroatoms. The molecule has 0 aliphatic carbocycles. The molecular weight excluding hydrogens is 369 g/mol. The van der Waals surface area contributed by atoms with E-state index < -0.39 is 0 Å². The molecule has 0 aliphatic rings. The third kappa shape index (κ3) is 4.60. The van der Waals surface area contributed by atoms with E-state index in [4.69, 9.17) is 4.42 Å². The van der Waals surface area contributed by atoms with Crippen LogP contribution in [0.15, 0.2) is 83.7 Å². The van der Waals surface area contributed by atoms with Crippen LogP contribution in [0.4, 0.5) is 10.2 Å². The van der Waals surface area contributed by atoms with Crippen molar-refractivity contribution < 1.29 is 13.6 Å². The van der Waals surface area contributed by atoms with Crippen molar-refractivity contribution in [1.29, 1.82) is 0 Å². The van der Waals surface area contributed by atoms with E-state index in [9.17, 15) is 9.18 Å². The molecule has 0 unspecified atom stereocenters. The van der Waals surface area contributed by atoms with E-state index in [1.165, 1.54) is 12.1 Å². The van der Waals surface area contributed by atoms with Gasteiger partial charge in [-0.25, -0.2) is 9.37 Å². The zero-order chi connectivity index (χ0) is 20.1. The molecule has 4 rings (SSSR count). The highest BCUT2D eigenvalue weighted by Crippen LogP contribution is 2.28. The van der Waals surface area contributed by atoms with Gasteiger partial charge >= 0.3 is 0 Å². The Kier molecular flexibility index (Phi) is 5.52. The first-order chi connectivity index (χ1) is 14.2. The summed E-state index contributed by atoms with van der Waals surface area (Å²) < 4.78 is 20.5. The fourth-order valence-corrected chi connectivity index (χ4v) is 3.12. The van der Waals surface area contributed by atoms with Gasteiger partial charge in [0.25, 0.3) is 0 Å². The van der Waals surface area contributed by atoms with Crippen LogP contribution >= 0.6 is 0 Å². The third-order valence-corrected chi connectivity index (χ3v) is 4.59. The van der Waals surface area contributed by atoms with Gasteiger partial charge in [0.15, 0.2) is 0 Å². The number of aryl methyl sites for hydroxylation is 1. The molecular formula is C23H20FN3O2. The lowest BCUT2D eigenvalue weighted by Gasteiger charge is -2.12. The van der Waals surface area contributed by atoms with Crippen molar-refractivity contribution in [3.8, 4) is 11.3 Å². The average Bonchev–Trinajstić information content (AvgIpc) is 3.39. The van der Waals surface area contributed by atoms with Crippen molar-refractivity contribution in [3.05, 3.63) is 96.5 Å². The van der Waals surface area contributed by atoms with Crippen molar-refractivity contribution in [2.45, 2.75) is 19.4 Å². The van der Waals surface area contributed by atoms with Gasteiger partial charge in [-0.05, 0) is 42.0 Å². The first-order valence-corrected chi connectivity index (χ1v) is 9.36. The van der Waals surface area contributed by atoms with Gasteiger partial charge in [0.1, 0.15) is 23.1 Å². The Balaban J connectivity index is 1.59. The first-order valence-electron chi connectivity index (χ1n) is 9.36. The zero-order valence-corrected chi connectivity index (χ0v) is 15.7. The van der Waals surface area contributed by atoms with E-state index >= 15 is 0 Å². The number of rotatable bonds is 7. The molecule has 0 saturated heterocycles. The Labute approximate surface area is 167 Å². The molecule has 0 aliphatic heterocycles. The number of carbonyl (C=O) groups is 1. The Morgan fingerprint density at radius 2 is 1.83 bits per heavy atom. The van der Waals surface area contributed by atoms with Crippen LogP contribution in [-0.2, 0) is 17.8 Å². The highest BCUT2D eigenvalue weighted by molar-refractivity contribution is 5.93. The van der Waals surface area contributed by atoms with Crippen LogP contribution in [0.5, 0.6) is 0 Å². The molecule has 2 aromatic carbocycles. The topological polar surface area (TPSA) is 60.1 Å². The summed E-state index contributed by atoms with van der Waals surface area (Å²) in [7, 11) is 0. The summed E-state index contributed by atoms with van der Waals surface area (Å²) in [6, 6.07) is 19.6. The van der Waals surface area contributed by atoms with E-state index in [-0.39, 0.29) is 18.1 Å². The van der Waals surface area contributed by atoms with E-state index in [0.29, 0.717) is 24.5 Å². The van der Waals surface area contributed by atoms with Gasteiger partial charge in [0, 0.05) is 18.4 Å². The maximum Gasteiger partial charge on any atom is 0.225 e. The molecule has 5 nitrogen and oxygen atoms in total. The molecule has 2 heterocycles. The van der Waals surface area contributed by atoms with Gasteiger partial charge in [0.05, 0.1) is 19.1 Å². The second-order valence-electron chi connectivity index (χ2n) is 6.69.